The van der Waals surface area contributed by atoms with Crippen molar-refractivity contribution in [3.05, 3.63) is 23.9 Å². The van der Waals surface area contributed by atoms with Crippen molar-refractivity contribution < 1.29 is 10.2 Å². The van der Waals surface area contributed by atoms with Crippen molar-refractivity contribution in [1.82, 2.24) is 9.88 Å². The van der Waals surface area contributed by atoms with E-state index in [4.69, 9.17) is 0 Å². The quantitative estimate of drug-likeness (QED) is 0.690. The third-order valence-electron chi connectivity index (χ3n) is 2.92. The Bertz CT molecular complexity index is 345. The molecule has 0 amide bonds. The van der Waals surface area contributed by atoms with E-state index in [1.807, 2.05) is 30.2 Å². The third-order valence-corrected chi connectivity index (χ3v) is 2.92. The van der Waals surface area contributed by atoms with Crippen molar-refractivity contribution in [3.63, 3.8) is 0 Å². The number of nitrogens with one attached hydrogen (secondary N) is 1. The molecule has 0 radical (unpaired) electrons. The van der Waals surface area contributed by atoms with E-state index in [2.05, 4.69) is 10.3 Å². The Kier molecular flexibility index (Phi) is 3.93. The molecule has 5 nitrogen and oxygen atoms in total. The van der Waals surface area contributed by atoms with Crippen LogP contribution in [-0.2, 0) is 6.54 Å². The maximum atomic E-state index is 9.44. The lowest BCUT2D eigenvalue weighted by molar-refractivity contribution is 0.0572. The van der Waals surface area contributed by atoms with Gasteiger partial charge in [-0.3, -0.25) is 4.90 Å². The SMILES string of the molecule is CCNc1ccc(CN2CC(O)C(O)C2)cn1. The van der Waals surface area contributed by atoms with Crippen molar-refractivity contribution in [2.45, 2.75) is 25.7 Å². The Hall–Kier alpha value is -1.17. The van der Waals surface area contributed by atoms with Gasteiger partial charge in [0.2, 0.25) is 0 Å². The number of rotatable bonds is 4. The summed E-state index contributed by atoms with van der Waals surface area (Å²) in [5, 5.41) is 22.0. The highest BCUT2D eigenvalue weighted by Crippen LogP contribution is 2.14. The van der Waals surface area contributed by atoms with E-state index in [0.717, 1.165) is 17.9 Å². The number of aliphatic hydroxyl groups excluding tert-OH is 2. The monoisotopic (exact) mass is 237 g/mol. The maximum Gasteiger partial charge on any atom is 0.125 e. The predicted molar refractivity (Wildman–Crippen MR) is 65.7 cm³/mol. The number of aliphatic hydroxyl groups is 2. The molecule has 0 spiro atoms. The number of nitrogens with zero attached hydrogens (tertiary/aromatic N) is 2. The van der Waals surface area contributed by atoms with Crippen molar-refractivity contribution in [2.24, 2.45) is 0 Å². The van der Waals surface area contributed by atoms with Gasteiger partial charge in [-0.1, -0.05) is 6.07 Å². The largest absolute Gasteiger partial charge is 0.389 e. The van der Waals surface area contributed by atoms with Gasteiger partial charge in [0.25, 0.3) is 0 Å². The molecule has 1 aliphatic rings. The van der Waals surface area contributed by atoms with Crippen LogP contribution in [-0.4, -0.2) is 51.9 Å². The van der Waals surface area contributed by atoms with Gasteiger partial charge in [-0.15, -0.1) is 0 Å². The standard InChI is InChI=1S/C12H19N3O2/c1-2-13-12-4-3-9(5-14-12)6-15-7-10(16)11(17)8-15/h3-5,10-11,16-17H,2,6-8H2,1H3,(H,13,14). The Morgan fingerprint density at radius 2 is 2.06 bits per heavy atom. The van der Waals surface area contributed by atoms with Crippen LogP contribution in [0.2, 0.25) is 0 Å². The topological polar surface area (TPSA) is 68.6 Å². The fourth-order valence-corrected chi connectivity index (χ4v) is 2.04. The molecule has 17 heavy (non-hydrogen) atoms. The summed E-state index contributed by atoms with van der Waals surface area (Å²) in [7, 11) is 0. The highest BCUT2D eigenvalue weighted by molar-refractivity contribution is 5.35. The van der Waals surface area contributed by atoms with Gasteiger partial charge in [0, 0.05) is 32.4 Å². The summed E-state index contributed by atoms with van der Waals surface area (Å²) >= 11 is 0. The molecule has 0 bridgehead atoms. The van der Waals surface area contributed by atoms with Crippen LogP contribution in [0.3, 0.4) is 0 Å². The highest BCUT2D eigenvalue weighted by Gasteiger charge is 2.29. The van der Waals surface area contributed by atoms with E-state index in [9.17, 15) is 10.2 Å². The van der Waals surface area contributed by atoms with Crippen molar-refractivity contribution in [1.29, 1.82) is 0 Å². The summed E-state index contributed by atoms with van der Waals surface area (Å²) in [6.07, 6.45) is 0.586. The predicted octanol–water partition coefficient (Wildman–Crippen LogP) is 0.0508. The summed E-state index contributed by atoms with van der Waals surface area (Å²) in [4.78, 5) is 6.31. The molecule has 2 atom stereocenters. The maximum absolute atomic E-state index is 9.44. The van der Waals surface area contributed by atoms with Crippen LogP contribution in [0.1, 0.15) is 12.5 Å². The minimum atomic E-state index is -0.621. The van der Waals surface area contributed by atoms with E-state index in [1.54, 1.807) is 0 Å². The molecule has 94 valence electrons. The molecule has 1 fully saturated rings. The second-order valence-electron chi connectivity index (χ2n) is 4.41. The third kappa shape index (κ3) is 3.15. The summed E-state index contributed by atoms with van der Waals surface area (Å²) in [5.41, 5.74) is 1.09. The average molecular weight is 237 g/mol. The Labute approximate surface area is 101 Å². The molecule has 0 aromatic carbocycles. The van der Waals surface area contributed by atoms with Gasteiger partial charge < -0.3 is 15.5 Å². The molecule has 3 N–H and O–H groups in total. The number of likely N-dealkylation sites (tertiary alicyclic amines) is 1. The van der Waals surface area contributed by atoms with E-state index < -0.39 is 12.2 Å². The first-order valence-corrected chi connectivity index (χ1v) is 5.96. The molecule has 2 heterocycles. The number of anilines is 1. The molecule has 1 aromatic rings. The van der Waals surface area contributed by atoms with Gasteiger partial charge >= 0.3 is 0 Å². The van der Waals surface area contributed by atoms with Crippen molar-refractivity contribution >= 4 is 5.82 Å². The minimum absolute atomic E-state index is 0.524. The van der Waals surface area contributed by atoms with Gasteiger partial charge in [-0.25, -0.2) is 4.98 Å². The molecule has 5 heteroatoms. The van der Waals surface area contributed by atoms with Crippen molar-refractivity contribution in [3.8, 4) is 0 Å². The Morgan fingerprint density at radius 3 is 2.59 bits per heavy atom. The molecule has 1 aliphatic heterocycles. The number of aromatic nitrogens is 1. The van der Waals surface area contributed by atoms with Crippen LogP contribution in [0.25, 0.3) is 0 Å². The minimum Gasteiger partial charge on any atom is -0.389 e. The van der Waals surface area contributed by atoms with Crippen LogP contribution in [0.5, 0.6) is 0 Å². The first kappa shape index (κ1) is 12.3. The second kappa shape index (κ2) is 5.44. The molecule has 1 aromatic heterocycles. The summed E-state index contributed by atoms with van der Waals surface area (Å²) in [6.45, 7) is 4.65. The lowest BCUT2D eigenvalue weighted by atomic mass is 10.2. The molecular formula is C12H19N3O2. The lowest BCUT2D eigenvalue weighted by Crippen LogP contribution is -2.22. The molecular weight excluding hydrogens is 218 g/mol. The van der Waals surface area contributed by atoms with Crippen LogP contribution in [0, 0.1) is 0 Å². The summed E-state index contributed by atoms with van der Waals surface area (Å²) in [6, 6.07) is 3.96. The van der Waals surface area contributed by atoms with Gasteiger partial charge in [-0.2, -0.15) is 0 Å². The second-order valence-corrected chi connectivity index (χ2v) is 4.41. The highest BCUT2D eigenvalue weighted by atomic mass is 16.3. The number of β-amino-alcohol motifs (C(OH)–C–C–N with tert-alkyl or cyclic N) is 2. The fraction of sp³-hybridized carbons (Fsp3) is 0.583. The molecule has 2 rings (SSSR count). The molecule has 0 saturated carbocycles. The zero-order chi connectivity index (χ0) is 12.3. The number of hydrogen-bond acceptors (Lipinski definition) is 5. The molecule has 2 unspecified atom stereocenters. The van der Waals surface area contributed by atoms with Gasteiger partial charge in [0.1, 0.15) is 5.82 Å². The smallest absolute Gasteiger partial charge is 0.125 e. The van der Waals surface area contributed by atoms with Gasteiger partial charge in [-0.05, 0) is 18.6 Å². The summed E-state index contributed by atoms with van der Waals surface area (Å²) < 4.78 is 0. The number of hydrogen-bond donors (Lipinski definition) is 3. The van der Waals surface area contributed by atoms with Gasteiger partial charge in [0.15, 0.2) is 0 Å². The van der Waals surface area contributed by atoms with Crippen LogP contribution < -0.4 is 5.32 Å². The lowest BCUT2D eigenvalue weighted by Gasteiger charge is -2.14. The number of pyridine rings is 1. The van der Waals surface area contributed by atoms with Gasteiger partial charge in [0.05, 0.1) is 12.2 Å². The molecule has 1 saturated heterocycles. The zero-order valence-corrected chi connectivity index (χ0v) is 10.0. The van der Waals surface area contributed by atoms with Crippen LogP contribution >= 0.6 is 0 Å². The first-order valence-electron chi connectivity index (χ1n) is 5.96. The van der Waals surface area contributed by atoms with E-state index in [0.29, 0.717) is 19.6 Å². The molecule has 0 aliphatic carbocycles. The van der Waals surface area contributed by atoms with E-state index in [1.165, 1.54) is 0 Å². The normalized spacial score (nSPS) is 25.1. The van der Waals surface area contributed by atoms with E-state index in [-0.39, 0.29) is 0 Å². The fourth-order valence-electron chi connectivity index (χ4n) is 2.04. The average Bonchev–Trinajstić information content (AvgIpc) is 2.61. The van der Waals surface area contributed by atoms with E-state index >= 15 is 0 Å². The van der Waals surface area contributed by atoms with Crippen LogP contribution in [0.15, 0.2) is 18.3 Å². The Morgan fingerprint density at radius 1 is 1.35 bits per heavy atom. The zero-order valence-electron chi connectivity index (χ0n) is 10.0. The van der Waals surface area contributed by atoms with Crippen LogP contribution in [0.4, 0.5) is 5.82 Å². The van der Waals surface area contributed by atoms with Crippen molar-refractivity contribution in [2.75, 3.05) is 25.0 Å². The summed E-state index contributed by atoms with van der Waals surface area (Å²) in [5.74, 6) is 0.873. The first-order chi connectivity index (χ1) is 8.19. The Balaban J connectivity index is 1.91.